The zero-order valence-electron chi connectivity index (χ0n) is 12.7. The number of nitrogens with one attached hydrogen (secondary N) is 1. The Labute approximate surface area is 139 Å². The number of carbonyl (C=O) groups excluding carboxylic acids is 1. The first-order valence-electron chi connectivity index (χ1n) is 7.41. The molecule has 0 saturated heterocycles. The van der Waals surface area contributed by atoms with E-state index in [0.717, 1.165) is 16.6 Å². The number of carboxylic acids is 1. The molecule has 1 aromatic carbocycles. The van der Waals surface area contributed by atoms with E-state index >= 15 is 0 Å². The zero-order valence-corrected chi connectivity index (χ0v) is 14.3. The topological polar surface area (TPSA) is 75.6 Å². The Morgan fingerprint density at radius 2 is 2.09 bits per heavy atom. The van der Waals surface area contributed by atoms with Crippen molar-refractivity contribution >= 4 is 27.8 Å². The highest BCUT2D eigenvalue weighted by molar-refractivity contribution is 9.10. The van der Waals surface area contributed by atoms with Gasteiger partial charge < -0.3 is 15.2 Å². The molecular formula is C16H22BrNO4. The van der Waals surface area contributed by atoms with Crippen LogP contribution >= 0.6 is 15.9 Å². The van der Waals surface area contributed by atoms with Crippen molar-refractivity contribution in [3.63, 3.8) is 0 Å². The lowest BCUT2D eigenvalue weighted by atomic mass is 10.0. The molecule has 22 heavy (non-hydrogen) atoms. The molecule has 1 atom stereocenters. The second kappa shape index (κ2) is 10.2. The van der Waals surface area contributed by atoms with Crippen molar-refractivity contribution < 1.29 is 19.4 Å². The van der Waals surface area contributed by atoms with Crippen LogP contribution in [0.3, 0.4) is 0 Å². The van der Waals surface area contributed by atoms with Gasteiger partial charge >= 0.3 is 5.97 Å². The summed E-state index contributed by atoms with van der Waals surface area (Å²) in [6.45, 7) is 2.55. The molecule has 0 aliphatic rings. The van der Waals surface area contributed by atoms with E-state index in [1.807, 2.05) is 31.2 Å². The highest BCUT2D eigenvalue weighted by Gasteiger charge is 2.16. The van der Waals surface area contributed by atoms with Crippen molar-refractivity contribution in [1.82, 2.24) is 5.32 Å². The van der Waals surface area contributed by atoms with E-state index in [0.29, 0.717) is 25.9 Å². The van der Waals surface area contributed by atoms with Crippen LogP contribution in [-0.4, -0.2) is 30.1 Å². The molecule has 0 aromatic heterocycles. The van der Waals surface area contributed by atoms with Gasteiger partial charge in [0.05, 0.1) is 17.0 Å². The van der Waals surface area contributed by atoms with Gasteiger partial charge in [0.15, 0.2) is 0 Å². The Balaban J connectivity index is 2.20. The Bertz CT molecular complexity index is 493. The van der Waals surface area contributed by atoms with Gasteiger partial charge in [0.2, 0.25) is 5.91 Å². The van der Waals surface area contributed by atoms with Gasteiger partial charge in [-0.25, -0.2) is 0 Å². The minimum absolute atomic E-state index is 0.141. The van der Waals surface area contributed by atoms with Gasteiger partial charge in [0.1, 0.15) is 5.75 Å². The van der Waals surface area contributed by atoms with Crippen LogP contribution in [0.4, 0.5) is 0 Å². The molecule has 0 spiro atoms. The van der Waals surface area contributed by atoms with Crippen molar-refractivity contribution in [2.75, 3.05) is 13.2 Å². The fourth-order valence-corrected chi connectivity index (χ4v) is 2.36. The number of para-hydroxylation sites is 1. The SMILES string of the molecule is CCCC(CNC(=O)CCCOc1ccccc1Br)C(=O)O. The maximum atomic E-state index is 11.7. The summed E-state index contributed by atoms with van der Waals surface area (Å²) in [4.78, 5) is 22.7. The maximum absolute atomic E-state index is 11.7. The predicted octanol–water partition coefficient (Wildman–Crippen LogP) is 3.23. The normalized spacial score (nSPS) is 11.7. The zero-order chi connectivity index (χ0) is 16.4. The molecule has 1 rings (SSSR count). The molecule has 5 nitrogen and oxygen atoms in total. The summed E-state index contributed by atoms with van der Waals surface area (Å²) in [7, 11) is 0. The van der Waals surface area contributed by atoms with E-state index in [-0.39, 0.29) is 12.5 Å². The van der Waals surface area contributed by atoms with Gasteiger partial charge in [-0.3, -0.25) is 9.59 Å². The van der Waals surface area contributed by atoms with Crippen LogP contribution < -0.4 is 10.1 Å². The van der Waals surface area contributed by atoms with Crippen molar-refractivity contribution in [1.29, 1.82) is 0 Å². The average Bonchev–Trinajstić information content (AvgIpc) is 2.49. The first-order valence-corrected chi connectivity index (χ1v) is 8.20. The molecule has 1 aromatic rings. The van der Waals surface area contributed by atoms with Crippen molar-refractivity contribution in [3.05, 3.63) is 28.7 Å². The van der Waals surface area contributed by atoms with Gasteiger partial charge in [-0.2, -0.15) is 0 Å². The van der Waals surface area contributed by atoms with Gasteiger partial charge in [-0.05, 0) is 40.9 Å². The third kappa shape index (κ3) is 6.93. The molecule has 122 valence electrons. The fraction of sp³-hybridized carbons (Fsp3) is 0.500. The van der Waals surface area contributed by atoms with E-state index < -0.39 is 11.9 Å². The molecule has 0 saturated carbocycles. The molecule has 2 N–H and O–H groups in total. The van der Waals surface area contributed by atoms with E-state index in [1.54, 1.807) is 0 Å². The molecule has 6 heteroatoms. The molecule has 0 radical (unpaired) electrons. The third-order valence-electron chi connectivity index (χ3n) is 3.17. The van der Waals surface area contributed by atoms with Crippen LogP contribution in [0.15, 0.2) is 28.7 Å². The molecule has 1 unspecified atom stereocenters. The van der Waals surface area contributed by atoms with Gasteiger partial charge in [0.25, 0.3) is 0 Å². The Morgan fingerprint density at radius 3 is 2.73 bits per heavy atom. The maximum Gasteiger partial charge on any atom is 0.308 e. The molecule has 0 heterocycles. The standard InChI is InChI=1S/C16H22BrNO4/c1-2-6-12(16(20)21)11-18-15(19)9-5-10-22-14-8-4-3-7-13(14)17/h3-4,7-8,12H,2,5-6,9-11H2,1H3,(H,18,19)(H,20,21). The van der Waals surface area contributed by atoms with Gasteiger partial charge in [-0.15, -0.1) is 0 Å². The van der Waals surface area contributed by atoms with Crippen LogP contribution in [-0.2, 0) is 9.59 Å². The van der Waals surface area contributed by atoms with Crippen LogP contribution in [0.2, 0.25) is 0 Å². The largest absolute Gasteiger partial charge is 0.492 e. The highest BCUT2D eigenvalue weighted by atomic mass is 79.9. The Morgan fingerprint density at radius 1 is 1.36 bits per heavy atom. The van der Waals surface area contributed by atoms with Crippen molar-refractivity contribution in [2.45, 2.75) is 32.6 Å². The van der Waals surface area contributed by atoms with Crippen LogP contribution in [0.5, 0.6) is 5.75 Å². The smallest absolute Gasteiger partial charge is 0.308 e. The van der Waals surface area contributed by atoms with E-state index in [4.69, 9.17) is 9.84 Å². The Hall–Kier alpha value is -1.56. The molecule has 0 fully saturated rings. The van der Waals surface area contributed by atoms with Crippen LogP contribution in [0.1, 0.15) is 32.6 Å². The number of halogens is 1. The molecular weight excluding hydrogens is 350 g/mol. The lowest BCUT2D eigenvalue weighted by Crippen LogP contribution is -2.32. The lowest BCUT2D eigenvalue weighted by molar-refractivity contribution is -0.141. The number of rotatable bonds is 10. The number of aliphatic carboxylic acids is 1. The molecule has 0 aliphatic carbocycles. The summed E-state index contributed by atoms with van der Waals surface area (Å²) in [5.74, 6) is -0.764. The second-order valence-electron chi connectivity index (χ2n) is 5.01. The summed E-state index contributed by atoms with van der Waals surface area (Å²) in [5, 5.41) is 11.7. The number of carboxylic acid groups (broad SMARTS) is 1. The summed E-state index contributed by atoms with van der Waals surface area (Å²) in [5.41, 5.74) is 0. The number of benzene rings is 1. The average molecular weight is 372 g/mol. The minimum Gasteiger partial charge on any atom is -0.492 e. The summed E-state index contributed by atoms with van der Waals surface area (Å²) >= 11 is 3.39. The lowest BCUT2D eigenvalue weighted by Gasteiger charge is -2.12. The number of hydrogen-bond acceptors (Lipinski definition) is 3. The predicted molar refractivity (Wildman–Crippen MR) is 87.9 cm³/mol. The van der Waals surface area contributed by atoms with Crippen molar-refractivity contribution in [3.8, 4) is 5.75 Å². The molecule has 0 aliphatic heterocycles. The number of ether oxygens (including phenoxy) is 1. The minimum atomic E-state index is -0.862. The second-order valence-corrected chi connectivity index (χ2v) is 5.86. The highest BCUT2D eigenvalue weighted by Crippen LogP contribution is 2.23. The van der Waals surface area contributed by atoms with E-state index in [9.17, 15) is 9.59 Å². The van der Waals surface area contributed by atoms with Crippen LogP contribution in [0, 0.1) is 5.92 Å². The summed E-state index contributed by atoms with van der Waals surface area (Å²) < 4.78 is 6.45. The summed E-state index contributed by atoms with van der Waals surface area (Å²) in [6.07, 6.45) is 2.26. The third-order valence-corrected chi connectivity index (χ3v) is 3.83. The molecule has 0 bridgehead atoms. The number of hydrogen-bond donors (Lipinski definition) is 2. The quantitative estimate of drug-likeness (QED) is 0.619. The molecule has 1 amide bonds. The summed E-state index contributed by atoms with van der Waals surface area (Å²) in [6, 6.07) is 7.53. The number of carbonyl (C=O) groups is 2. The van der Waals surface area contributed by atoms with Gasteiger partial charge in [0, 0.05) is 13.0 Å². The van der Waals surface area contributed by atoms with Crippen molar-refractivity contribution in [2.24, 2.45) is 5.92 Å². The number of amides is 1. The first-order chi connectivity index (χ1) is 10.5. The van der Waals surface area contributed by atoms with E-state index in [1.165, 1.54) is 0 Å². The van der Waals surface area contributed by atoms with E-state index in [2.05, 4.69) is 21.2 Å². The fourth-order valence-electron chi connectivity index (χ4n) is 1.96. The monoisotopic (exact) mass is 371 g/mol. The van der Waals surface area contributed by atoms with Crippen LogP contribution in [0.25, 0.3) is 0 Å². The first kappa shape index (κ1) is 18.5. The Kier molecular flexibility index (Phi) is 8.58. The van der Waals surface area contributed by atoms with Gasteiger partial charge in [-0.1, -0.05) is 25.5 Å².